The summed E-state index contributed by atoms with van der Waals surface area (Å²) < 4.78 is 5.51. The number of hydrogen-bond donors (Lipinski definition) is 2. The van der Waals surface area contributed by atoms with Gasteiger partial charge in [-0.25, -0.2) is 0 Å². The molecule has 3 aromatic rings. The van der Waals surface area contributed by atoms with Crippen LogP contribution in [0.2, 0.25) is 0 Å². The molecule has 0 saturated heterocycles. The Morgan fingerprint density at radius 3 is 2.77 bits per heavy atom. The zero-order chi connectivity index (χ0) is 21.9. The van der Waals surface area contributed by atoms with E-state index in [0.717, 1.165) is 33.2 Å². The van der Waals surface area contributed by atoms with Crippen LogP contribution in [-0.2, 0) is 11.3 Å². The molecule has 31 heavy (non-hydrogen) atoms. The van der Waals surface area contributed by atoms with Gasteiger partial charge in [0.1, 0.15) is 5.65 Å². The smallest absolute Gasteiger partial charge is 0.255 e. The van der Waals surface area contributed by atoms with Crippen LogP contribution in [0.1, 0.15) is 48.2 Å². The molecule has 1 aliphatic carbocycles. The van der Waals surface area contributed by atoms with Crippen molar-refractivity contribution in [3.63, 3.8) is 0 Å². The fraction of sp³-hybridized carbons (Fsp3) is 0.391. The van der Waals surface area contributed by atoms with Crippen molar-refractivity contribution < 1.29 is 14.3 Å². The molecule has 160 valence electrons. The standard InChI is InChI=1S/C23H25N5O3/c1-11-7-15(8-16-10-28(22(30)18(11)16)12(2)14-5-6-14)17-9-24-20-19(17)21(31-4)27-23(26-20)25-13(3)29/h7-9,12,14H,5-6,10H2,1-4H3,(H2,24,25,26,27,29)/t12-/m0/s1. The van der Waals surface area contributed by atoms with Gasteiger partial charge in [-0.3, -0.25) is 14.9 Å². The zero-order valence-electron chi connectivity index (χ0n) is 18.1. The minimum Gasteiger partial charge on any atom is -0.480 e. The number of hydrogen-bond acceptors (Lipinski definition) is 5. The Bertz CT molecular complexity index is 1230. The van der Waals surface area contributed by atoms with Crippen molar-refractivity contribution >= 4 is 28.8 Å². The highest BCUT2D eigenvalue weighted by atomic mass is 16.5. The molecule has 3 heterocycles. The third-order valence-electron chi connectivity index (χ3n) is 6.32. The van der Waals surface area contributed by atoms with Gasteiger partial charge in [-0.2, -0.15) is 9.97 Å². The summed E-state index contributed by atoms with van der Waals surface area (Å²) in [5.74, 6) is 1.08. The van der Waals surface area contributed by atoms with Crippen molar-refractivity contribution in [2.24, 2.45) is 5.92 Å². The molecule has 2 amide bonds. The number of aryl methyl sites for hydroxylation is 1. The van der Waals surface area contributed by atoms with E-state index in [-0.39, 0.29) is 23.8 Å². The quantitative estimate of drug-likeness (QED) is 0.657. The number of nitrogens with one attached hydrogen (secondary N) is 2. The SMILES string of the molecule is COc1nc(NC(C)=O)nc2[nH]cc(-c3cc(C)c4c(c3)CN([C@@H](C)C3CC3)C4=O)c12. The summed E-state index contributed by atoms with van der Waals surface area (Å²) in [6, 6.07) is 4.40. The molecule has 8 nitrogen and oxygen atoms in total. The maximum Gasteiger partial charge on any atom is 0.255 e. The number of benzene rings is 1. The number of methoxy groups -OCH3 is 1. The number of aromatic amines is 1. The topological polar surface area (TPSA) is 100 Å². The summed E-state index contributed by atoms with van der Waals surface area (Å²) in [4.78, 5) is 38.4. The summed E-state index contributed by atoms with van der Waals surface area (Å²) in [7, 11) is 1.54. The molecule has 0 unspecified atom stereocenters. The van der Waals surface area contributed by atoms with E-state index in [1.54, 1.807) is 7.11 Å². The molecular formula is C23H25N5O3. The Labute approximate surface area is 180 Å². The van der Waals surface area contributed by atoms with Crippen molar-refractivity contribution in [2.75, 3.05) is 12.4 Å². The summed E-state index contributed by atoms with van der Waals surface area (Å²) in [6.45, 7) is 6.19. The first-order chi connectivity index (χ1) is 14.9. The number of fused-ring (bicyclic) bond motifs is 2. The van der Waals surface area contributed by atoms with Crippen LogP contribution in [0.15, 0.2) is 18.3 Å². The summed E-state index contributed by atoms with van der Waals surface area (Å²) >= 11 is 0. The second kappa shape index (κ2) is 7.08. The first-order valence-electron chi connectivity index (χ1n) is 10.5. The van der Waals surface area contributed by atoms with Gasteiger partial charge in [-0.05, 0) is 55.4 Å². The number of ether oxygens (including phenoxy) is 1. The van der Waals surface area contributed by atoms with E-state index in [2.05, 4.69) is 33.3 Å². The lowest BCUT2D eigenvalue weighted by Gasteiger charge is -2.24. The molecule has 1 atom stereocenters. The van der Waals surface area contributed by atoms with E-state index < -0.39 is 0 Å². The van der Waals surface area contributed by atoms with Crippen LogP contribution in [0.25, 0.3) is 22.2 Å². The van der Waals surface area contributed by atoms with Gasteiger partial charge in [0, 0.05) is 36.8 Å². The number of rotatable bonds is 5. The fourth-order valence-electron chi connectivity index (χ4n) is 4.60. The lowest BCUT2D eigenvalue weighted by molar-refractivity contribution is -0.114. The van der Waals surface area contributed by atoms with Gasteiger partial charge < -0.3 is 14.6 Å². The van der Waals surface area contributed by atoms with Gasteiger partial charge in [-0.15, -0.1) is 0 Å². The van der Waals surface area contributed by atoms with E-state index in [4.69, 9.17) is 4.74 Å². The van der Waals surface area contributed by atoms with Gasteiger partial charge in [0.05, 0.1) is 12.5 Å². The van der Waals surface area contributed by atoms with Crippen molar-refractivity contribution in [2.45, 2.75) is 46.2 Å². The number of H-pyrrole nitrogens is 1. The monoisotopic (exact) mass is 419 g/mol. The maximum atomic E-state index is 13.1. The van der Waals surface area contributed by atoms with Crippen LogP contribution in [0.4, 0.5) is 5.95 Å². The molecule has 2 aliphatic rings. The Morgan fingerprint density at radius 2 is 2.10 bits per heavy atom. The number of amides is 2. The highest BCUT2D eigenvalue weighted by Gasteiger charge is 2.39. The number of aromatic nitrogens is 3. The molecular weight excluding hydrogens is 394 g/mol. The van der Waals surface area contributed by atoms with Gasteiger partial charge in [0.25, 0.3) is 5.91 Å². The minimum atomic E-state index is -0.253. The van der Waals surface area contributed by atoms with Crippen LogP contribution in [0.5, 0.6) is 5.88 Å². The number of carbonyl (C=O) groups is 2. The molecule has 2 N–H and O–H groups in total. The first kappa shape index (κ1) is 19.5. The summed E-state index contributed by atoms with van der Waals surface area (Å²) in [5, 5.41) is 3.33. The molecule has 1 aromatic carbocycles. The second-order valence-corrected chi connectivity index (χ2v) is 8.50. The third-order valence-corrected chi connectivity index (χ3v) is 6.32. The Kier molecular flexibility index (Phi) is 4.46. The van der Waals surface area contributed by atoms with Crippen LogP contribution in [-0.4, -0.2) is 44.8 Å². The summed E-state index contributed by atoms with van der Waals surface area (Å²) in [5.41, 5.74) is 5.29. The molecule has 0 spiro atoms. The number of anilines is 1. The Morgan fingerprint density at radius 1 is 1.32 bits per heavy atom. The van der Waals surface area contributed by atoms with Crippen LogP contribution >= 0.6 is 0 Å². The van der Waals surface area contributed by atoms with Crippen molar-refractivity contribution in [1.29, 1.82) is 0 Å². The largest absolute Gasteiger partial charge is 0.480 e. The summed E-state index contributed by atoms with van der Waals surface area (Å²) in [6.07, 6.45) is 4.28. The van der Waals surface area contributed by atoms with Gasteiger partial charge >= 0.3 is 0 Å². The predicted molar refractivity (Wildman–Crippen MR) is 117 cm³/mol. The van der Waals surface area contributed by atoms with E-state index in [1.807, 2.05) is 24.1 Å². The van der Waals surface area contributed by atoms with Crippen LogP contribution in [0, 0.1) is 12.8 Å². The fourth-order valence-corrected chi connectivity index (χ4v) is 4.60. The lowest BCUT2D eigenvalue weighted by atomic mass is 9.96. The van der Waals surface area contributed by atoms with Gasteiger partial charge in [-0.1, -0.05) is 6.07 Å². The number of nitrogens with zero attached hydrogens (tertiary/aromatic N) is 3. The molecule has 2 aromatic heterocycles. The van der Waals surface area contributed by atoms with E-state index in [0.29, 0.717) is 24.0 Å². The van der Waals surface area contributed by atoms with E-state index in [1.165, 1.54) is 19.8 Å². The highest BCUT2D eigenvalue weighted by Crippen LogP contribution is 2.41. The van der Waals surface area contributed by atoms with Crippen LogP contribution < -0.4 is 10.1 Å². The van der Waals surface area contributed by atoms with Gasteiger partial charge in [0.15, 0.2) is 0 Å². The van der Waals surface area contributed by atoms with Crippen LogP contribution in [0.3, 0.4) is 0 Å². The predicted octanol–water partition coefficient (Wildman–Crippen LogP) is 3.65. The average molecular weight is 419 g/mol. The molecule has 0 bridgehead atoms. The molecule has 1 saturated carbocycles. The zero-order valence-corrected chi connectivity index (χ0v) is 18.1. The normalized spacial score (nSPS) is 16.5. The second-order valence-electron chi connectivity index (χ2n) is 8.50. The minimum absolute atomic E-state index is 0.137. The first-order valence-corrected chi connectivity index (χ1v) is 10.5. The molecule has 1 aliphatic heterocycles. The Hall–Kier alpha value is -3.42. The molecule has 0 radical (unpaired) electrons. The number of carbonyl (C=O) groups excluding carboxylic acids is 2. The third kappa shape index (κ3) is 3.22. The van der Waals surface area contributed by atoms with E-state index >= 15 is 0 Å². The van der Waals surface area contributed by atoms with Gasteiger partial charge in [0.2, 0.25) is 17.7 Å². The molecule has 1 fully saturated rings. The maximum absolute atomic E-state index is 13.1. The lowest BCUT2D eigenvalue weighted by Crippen LogP contribution is -2.34. The van der Waals surface area contributed by atoms with Crippen molar-refractivity contribution in [3.8, 4) is 17.0 Å². The van der Waals surface area contributed by atoms with Crippen molar-refractivity contribution in [3.05, 3.63) is 35.0 Å². The Balaban J connectivity index is 1.58. The highest BCUT2D eigenvalue weighted by molar-refractivity contribution is 6.03. The molecule has 5 rings (SSSR count). The van der Waals surface area contributed by atoms with Crippen molar-refractivity contribution in [1.82, 2.24) is 19.9 Å². The molecule has 8 heteroatoms. The average Bonchev–Trinajstić information content (AvgIpc) is 3.40. The van der Waals surface area contributed by atoms with E-state index in [9.17, 15) is 9.59 Å².